The summed E-state index contributed by atoms with van der Waals surface area (Å²) in [4.78, 5) is 21.3. The highest BCUT2D eigenvalue weighted by Gasteiger charge is 2.32. The lowest BCUT2D eigenvalue weighted by Gasteiger charge is -2.38. The molecule has 0 radical (unpaired) electrons. The third-order valence-corrected chi connectivity index (χ3v) is 7.00. The predicted octanol–water partition coefficient (Wildman–Crippen LogP) is 2.09. The van der Waals surface area contributed by atoms with Crippen LogP contribution in [0.15, 0.2) is 53.3 Å². The monoisotopic (exact) mass is 519 g/mol. The van der Waals surface area contributed by atoms with Crippen LogP contribution in [0.25, 0.3) is 10.9 Å². The van der Waals surface area contributed by atoms with Gasteiger partial charge in [-0.15, -0.1) is 5.10 Å². The molecule has 0 bridgehead atoms. The van der Waals surface area contributed by atoms with Gasteiger partial charge in [-0.05, 0) is 28.1 Å². The Morgan fingerprint density at radius 3 is 2.42 bits per heavy atom. The van der Waals surface area contributed by atoms with E-state index in [1.165, 1.54) is 5.56 Å². The first-order valence-corrected chi connectivity index (χ1v) is 12.7. The van der Waals surface area contributed by atoms with Crippen LogP contribution >= 0.6 is 0 Å². The van der Waals surface area contributed by atoms with Gasteiger partial charge >= 0.3 is 0 Å². The topological polar surface area (TPSA) is 111 Å². The second-order valence-corrected chi connectivity index (χ2v) is 9.30. The molecule has 0 saturated carbocycles. The van der Waals surface area contributed by atoms with Crippen molar-refractivity contribution >= 4 is 10.9 Å². The van der Waals surface area contributed by atoms with Crippen LogP contribution in [0, 0.1) is 0 Å². The van der Waals surface area contributed by atoms with Crippen LogP contribution in [0.3, 0.4) is 0 Å². The lowest BCUT2D eigenvalue weighted by atomic mass is 10.0. The maximum absolute atomic E-state index is 13.5. The van der Waals surface area contributed by atoms with E-state index in [9.17, 15) is 4.79 Å². The number of pyridine rings is 1. The summed E-state index contributed by atoms with van der Waals surface area (Å²) >= 11 is 0. The number of H-pyrrole nitrogens is 1. The normalized spacial score (nSPS) is 15.6. The Balaban J connectivity index is 1.50. The second-order valence-electron chi connectivity index (χ2n) is 9.30. The van der Waals surface area contributed by atoms with Crippen LogP contribution in [0.4, 0.5) is 0 Å². The smallest absolute Gasteiger partial charge is 0.253 e. The van der Waals surface area contributed by atoms with Crippen LogP contribution < -0.4 is 15.0 Å². The number of rotatable bonds is 10. The summed E-state index contributed by atoms with van der Waals surface area (Å²) < 4.78 is 17.9. The van der Waals surface area contributed by atoms with Crippen molar-refractivity contribution in [1.82, 2.24) is 35.0 Å². The summed E-state index contributed by atoms with van der Waals surface area (Å²) in [5.41, 5.74) is 2.34. The molecular formula is C27H33N7O4. The molecule has 11 nitrogen and oxygen atoms in total. The zero-order chi connectivity index (χ0) is 26.5. The van der Waals surface area contributed by atoms with Crippen molar-refractivity contribution in [2.24, 2.45) is 0 Å². The van der Waals surface area contributed by atoms with Gasteiger partial charge in [-0.2, -0.15) is 0 Å². The van der Waals surface area contributed by atoms with Gasteiger partial charge in [-0.3, -0.25) is 14.6 Å². The minimum atomic E-state index is -0.429. The van der Waals surface area contributed by atoms with Crippen molar-refractivity contribution in [3.63, 3.8) is 0 Å². The van der Waals surface area contributed by atoms with Crippen molar-refractivity contribution in [1.29, 1.82) is 0 Å². The van der Waals surface area contributed by atoms with Crippen molar-refractivity contribution < 1.29 is 14.2 Å². The minimum absolute atomic E-state index is 0.192. The summed E-state index contributed by atoms with van der Waals surface area (Å²) in [7, 11) is 4.81. The van der Waals surface area contributed by atoms with E-state index in [-0.39, 0.29) is 5.56 Å². The first kappa shape index (κ1) is 25.8. The number of tetrazole rings is 1. The zero-order valence-electron chi connectivity index (χ0n) is 22.0. The number of aromatic amines is 1. The van der Waals surface area contributed by atoms with Gasteiger partial charge in [0.25, 0.3) is 5.56 Å². The first-order chi connectivity index (χ1) is 18.6. The molecule has 4 aromatic rings. The number of hydrogen-bond donors (Lipinski definition) is 1. The molecule has 5 rings (SSSR count). The second kappa shape index (κ2) is 11.7. The van der Waals surface area contributed by atoms with Gasteiger partial charge in [0.15, 0.2) is 17.3 Å². The van der Waals surface area contributed by atoms with E-state index < -0.39 is 6.04 Å². The molecule has 1 atom stereocenters. The molecule has 38 heavy (non-hydrogen) atoms. The number of nitrogens with zero attached hydrogens (tertiary/aromatic N) is 6. The van der Waals surface area contributed by atoms with E-state index in [4.69, 9.17) is 14.2 Å². The van der Waals surface area contributed by atoms with Crippen LogP contribution in [-0.2, 0) is 17.8 Å². The molecule has 1 fully saturated rings. The van der Waals surface area contributed by atoms with Gasteiger partial charge in [-0.1, -0.05) is 30.3 Å². The summed E-state index contributed by atoms with van der Waals surface area (Å²) in [5.74, 6) is 1.76. The number of benzene rings is 2. The predicted molar refractivity (Wildman–Crippen MR) is 143 cm³/mol. The van der Waals surface area contributed by atoms with Crippen LogP contribution in [0.1, 0.15) is 23.0 Å². The first-order valence-electron chi connectivity index (χ1n) is 12.7. The molecule has 200 valence electrons. The Bertz CT molecular complexity index is 1410. The maximum Gasteiger partial charge on any atom is 0.253 e. The van der Waals surface area contributed by atoms with Gasteiger partial charge in [0.1, 0.15) is 6.04 Å². The largest absolute Gasteiger partial charge is 0.493 e. The molecular weight excluding hydrogens is 486 g/mol. The Morgan fingerprint density at radius 2 is 1.71 bits per heavy atom. The summed E-state index contributed by atoms with van der Waals surface area (Å²) in [6.45, 7) is 5.09. The number of ether oxygens (including phenoxy) is 3. The molecule has 1 N–H and O–H groups in total. The Labute approximate surface area is 220 Å². The van der Waals surface area contributed by atoms with Gasteiger partial charge in [0, 0.05) is 56.8 Å². The van der Waals surface area contributed by atoms with Crippen molar-refractivity contribution in [3.8, 4) is 11.5 Å². The highest BCUT2D eigenvalue weighted by atomic mass is 16.5. The highest BCUT2D eigenvalue weighted by Crippen LogP contribution is 2.33. The summed E-state index contributed by atoms with van der Waals surface area (Å²) in [6, 6.07) is 15.6. The minimum Gasteiger partial charge on any atom is -0.493 e. The third kappa shape index (κ3) is 5.40. The summed E-state index contributed by atoms with van der Waals surface area (Å²) in [6.07, 6.45) is 0. The Kier molecular flexibility index (Phi) is 7.97. The Morgan fingerprint density at radius 1 is 0.974 bits per heavy atom. The molecule has 11 heteroatoms. The van der Waals surface area contributed by atoms with E-state index in [2.05, 4.69) is 54.6 Å². The average Bonchev–Trinajstić information content (AvgIpc) is 3.41. The van der Waals surface area contributed by atoms with Crippen molar-refractivity contribution in [2.75, 3.05) is 54.1 Å². The number of nitrogens with one attached hydrogen (secondary N) is 1. The molecule has 1 aliphatic rings. The average molecular weight is 520 g/mol. The molecule has 2 aromatic heterocycles. The SMILES string of the molecule is COCCn1nnnc1[C@@H](c1cc2cc(OC)c(OC)cc2[nH]c1=O)N1CCN(Cc2ccccc2)CC1. The van der Waals surface area contributed by atoms with E-state index >= 15 is 0 Å². The Hall–Kier alpha value is -3.80. The third-order valence-electron chi connectivity index (χ3n) is 7.00. The molecule has 3 heterocycles. The van der Waals surface area contributed by atoms with Crippen LogP contribution in [-0.4, -0.2) is 89.1 Å². The van der Waals surface area contributed by atoms with E-state index in [1.54, 1.807) is 32.1 Å². The number of aromatic nitrogens is 5. The molecule has 0 spiro atoms. The lowest BCUT2D eigenvalue weighted by molar-refractivity contribution is 0.0984. The number of piperazine rings is 1. The molecule has 1 saturated heterocycles. The van der Waals surface area contributed by atoms with Crippen molar-refractivity contribution in [2.45, 2.75) is 19.1 Å². The fourth-order valence-electron chi connectivity index (χ4n) is 5.02. The number of fused-ring (bicyclic) bond motifs is 1. The molecule has 2 aromatic carbocycles. The zero-order valence-corrected chi connectivity index (χ0v) is 22.0. The fraction of sp³-hybridized carbons (Fsp3) is 0.407. The quantitative estimate of drug-likeness (QED) is 0.337. The molecule has 1 aliphatic heterocycles. The van der Waals surface area contributed by atoms with Gasteiger partial charge in [-0.25, -0.2) is 4.68 Å². The van der Waals surface area contributed by atoms with E-state index in [0.29, 0.717) is 41.6 Å². The van der Waals surface area contributed by atoms with Crippen LogP contribution in [0.2, 0.25) is 0 Å². The maximum atomic E-state index is 13.5. The van der Waals surface area contributed by atoms with Gasteiger partial charge in [0.2, 0.25) is 0 Å². The fourth-order valence-corrected chi connectivity index (χ4v) is 5.02. The summed E-state index contributed by atoms with van der Waals surface area (Å²) in [5, 5.41) is 13.4. The lowest BCUT2D eigenvalue weighted by Crippen LogP contribution is -2.48. The molecule has 0 amide bonds. The van der Waals surface area contributed by atoms with E-state index in [0.717, 1.165) is 38.1 Å². The van der Waals surface area contributed by atoms with Crippen molar-refractivity contribution in [3.05, 3.63) is 75.8 Å². The van der Waals surface area contributed by atoms with E-state index in [1.807, 2.05) is 18.2 Å². The standard InChI is InChI=1S/C27H33N7O4/c1-36-14-13-34-26(29-30-31-34)25(33-11-9-32(10-12-33)18-19-7-5-4-6-8-19)21-15-20-16-23(37-2)24(38-3)17-22(20)28-27(21)35/h4-8,15-17,25H,9-14,18H2,1-3H3,(H,28,35)/t25-/m1/s1. The highest BCUT2D eigenvalue weighted by molar-refractivity contribution is 5.83. The number of methoxy groups -OCH3 is 3. The molecule has 0 aliphatic carbocycles. The number of hydrogen-bond acceptors (Lipinski definition) is 9. The van der Waals surface area contributed by atoms with Crippen LogP contribution in [0.5, 0.6) is 11.5 Å². The van der Waals surface area contributed by atoms with Gasteiger partial charge in [0.05, 0.1) is 32.9 Å². The van der Waals surface area contributed by atoms with Gasteiger partial charge < -0.3 is 19.2 Å². The molecule has 0 unspecified atom stereocenters.